The van der Waals surface area contributed by atoms with Crippen molar-refractivity contribution in [1.29, 1.82) is 0 Å². The molecule has 2 atom stereocenters. The highest BCUT2D eigenvalue weighted by Gasteiger charge is 2.44. The zero-order valence-electron chi connectivity index (χ0n) is 14.3. The second-order valence-electron chi connectivity index (χ2n) is 7.33. The Morgan fingerprint density at radius 1 is 1.35 bits per heavy atom. The first-order chi connectivity index (χ1) is 10.7. The van der Waals surface area contributed by atoms with Gasteiger partial charge in [-0.25, -0.2) is 9.18 Å². The minimum absolute atomic E-state index is 0.0374. The summed E-state index contributed by atoms with van der Waals surface area (Å²) < 4.78 is 18.9. The van der Waals surface area contributed by atoms with Crippen LogP contribution in [0.3, 0.4) is 0 Å². The first-order valence-electron chi connectivity index (χ1n) is 8.06. The highest BCUT2D eigenvalue weighted by Crippen LogP contribution is 2.39. The molecule has 0 spiro atoms. The lowest BCUT2D eigenvalue weighted by Crippen LogP contribution is -2.54. The van der Waals surface area contributed by atoms with Crippen molar-refractivity contribution in [2.75, 3.05) is 13.2 Å². The second kappa shape index (κ2) is 6.48. The fourth-order valence-corrected chi connectivity index (χ4v) is 2.95. The Labute approximate surface area is 137 Å². The lowest BCUT2D eigenvalue weighted by Gasteiger charge is -2.46. The number of rotatable bonds is 4. The number of nitrogens with zero attached hydrogens (tertiary/aromatic N) is 1. The summed E-state index contributed by atoms with van der Waals surface area (Å²) in [4.78, 5) is 14.3. The average molecular weight is 323 g/mol. The quantitative estimate of drug-likeness (QED) is 0.919. The molecule has 0 saturated carbocycles. The molecule has 4 nitrogen and oxygen atoms in total. The van der Waals surface area contributed by atoms with Gasteiger partial charge in [0.25, 0.3) is 0 Å². The average Bonchev–Trinajstić information content (AvgIpc) is 2.46. The van der Waals surface area contributed by atoms with Gasteiger partial charge in [-0.2, -0.15) is 0 Å². The van der Waals surface area contributed by atoms with Crippen LogP contribution >= 0.6 is 0 Å². The molecule has 1 saturated heterocycles. The number of cyclic esters (lactones) is 1. The highest BCUT2D eigenvalue weighted by molar-refractivity contribution is 5.70. The molecule has 0 bridgehead atoms. The molecule has 1 amide bonds. The molecule has 2 rings (SSSR count). The Bertz CT molecular complexity index is 552. The smallest absolute Gasteiger partial charge is 0.410 e. The van der Waals surface area contributed by atoms with E-state index in [1.807, 2.05) is 6.92 Å². The maximum atomic E-state index is 13.2. The van der Waals surface area contributed by atoms with Gasteiger partial charge in [0.15, 0.2) is 0 Å². The van der Waals surface area contributed by atoms with E-state index in [4.69, 9.17) is 4.74 Å². The van der Waals surface area contributed by atoms with Crippen LogP contribution in [0.4, 0.5) is 9.18 Å². The van der Waals surface area contributed by atoms with Crippen LogP contribution in [-0.4, -0.2) is 35.3 Å². The second-order valence-corrected chi connectivity index (χ2v) is 7.33. The standard InChI is InChI=1S/C18H26FNO3/c1-13(17(2,3)4)20-11-9-18(10-12-21,23-16(20)22)14-5-7-15(19)8-6-14/h5-8,13,21H,9-12H2,1-4H3/t13-,18+/m0/s1. The van der Waals surface area contributed by atoms with Gasteiger partial charge in [0.1, 0.15) is 11.4 Å². The summed E-state index contributed by atoms with van der Waals surface area (Å²) >= 11 is 0. The van der Waals surface area contributed by atoms with Crippen LogP contribution < -0.4 is 0 Å². The summed E-state index contributed by atoms with van der Waals surface area (Å²) in [6.45, 7) is 8.72. The van der Waals surface area contributed by atoms with E-state index in [0.29, 0.717) is 19.4 Å². The van der Waals surface area contributed by atoms with Crippen LogP contribution in [-0.2, 0) is 10.3 Å². The maximum Gasteiger partial charge on any atom is 0.410 e. The number of hydrogen-bond acceptors (Lipinski definition) is 3. The number of aliphatic hydroxyl groups is 1. The van der Waals surface area contributed by atoms with Crippen molar-refractivity contribution in [2.45, 2.75) is 52.2 Å². The van der Waals surface area contributed by atoms with Crippen LogP contribution in [0.2, 0.25) is 0 Å². The third-order valence-corrected chi connectivity index (χ3v) is 4.88. The van der Waals surface area contributed by atoms with Gasteiger partial charge in [-0.1, -0.05) is 32.9 Å². The predicted molar refractivity (Wildman–Crippen MR) is 86.5 cm³/mol. The molecule has 128 valence electrons. The minimum Gasteiger partial charge on any atom is -0.438 e. The van der Waals surface area contributed by atoms with Gasteiger partial charge in [-0.05, 0) is 30.0 Å². The molecule has 0 radical (unpaired) electrons. The molecule has 23 heavy (non-hydrogen) atoms. The van der Waals surface area contributed by atoms with Crippen molar-refractivity contribution >= 4 is 6.09 Å². The maximum absolute atomic E-state index is 13.2. The Kier molecular flexibility index (Phi) is 4.99. The van der Waals surface area contributed by atoms with Crippen LogP contribution in [0.15, 0.2) is 24.3 Å². The van der Waals surface area contributed by atoms with Crippen molar-refractivity contribution in [3.8, 4) is 0 Å². The van der Waals surface area contributed by atoms with E-state index >= 15 is 0 Å². The SMILES string of the molecule is C[C@H](N1CC[C@@](CCO)(c2ccc(F)cc2)OC1=O)C(C)(C)C. The number of halogens is 1. The Balaban J connectivity index is 2.25. The summed E-state index contributed by atoms with van der Waals surface area (Å²) in [5.74, 6) is -0.335. The Morgan fingerprint density at radius 2 is 1.96 bits per heavy atom. The predicted octanol–water partition coefficient (Wildman–Crippen LogP) is 3.68. The number of amides is 1. The molecular weight excluding hydrogens is 297 g/mol. The van der Waals surface area contributed by atoms with Gasteiger partial charge < -0.3 is 14.7 Å². The molecule has 5 heteroatoms. The van der Waals surface area contributed by atoms with Gasteiger partial charge in [-0.15, -0.1) is 0 Å². The topological polar surface area (TPSA) is 49.8 Å². The van der Waals surface area contributed by atoms with E-state index in [2.05, 4.69) is 20.8 Å². The Morgan fingerprint density at radius 3 is 2.43 bits per heavy atom. The third-order valence-electron chi connectivity index (χ3n) is 4.88. The molecule has 1 aliphatic rings. The highest BCUT2D eigenvalue weighted by atomic mass is 19.1. The van der Waals surface area contributed by atoms with E-state index in [1.165, 1.54) is 12.1 Å². The fraction of sp³-hybridized carbons (Fsp3) is 0.611. The van der Waals surface area contributed by atoms with Crippen molar-refractivity contribution in [3.05, 3.63) is 35.6 Å². The molecule has 0 unspecified atom stereocenters. The van der Waals surface area contributed by atoms with E-state index in [1.54, 1.807) is 17.0 Å². The largest absolute Gasteiger partial charge is 0.438 e. The zero-order chi connectivity index (χ0) is 17.3. The number of aliphatic hydroxyl groups excluding tert-OH is 1. The fourth-order valence-electron chi connectivity index (χ4n) is 2.95. The number of carbonyl (C=O) groups is 1. The molecule has 1 aliphatic heterocycles. The molecule has 1 fully saturated rings. The molecular formula is C18H26FNO3. The van der Waals surface area contributed by atoms with Crippen LogP contribution in [0, 0.1) is 11.2 Å². The van der Waals surface area contributed by atoms with E-state index < -0.39 is 5.60 Å². The molecule has 1 heterocycles. The summed E-state index contributed by atoms with van der Waals surface area (Å²) in [6, 6.07) is 6.00. The summed E-state index contributed by atoms with van der Waals surface area (Å²) in [6.07, 6.45) is 0.504. The van der Waals surface area contributed by atoms with Crippen molar-refractivity contribution in [3.63, 3.8) is 0 Å². The first-order valence-corrected chi connectivity index (χ1v) is 8.06. The molecule has 0 aromatic heterocycles. The van der Waals surface area contributed by atoms with Gasteiger partial charge in [0, 0.05) is 32.0 Å². The number of ether oxygens (including phenoxy) is 1. The number of hydrogen-bond donors (Lipinski definition) is 1. The van der Waals surface area contributed by atoms with Gasteiger partial charge in [-0.3, -0.25) is 0 Å². The lowest BCUT2D eigenvalue weighted by molar-refractivity contribution is -0.0794. The van der Waals surface area contributed by atoms with E-state index in [9.17, 15) is 14.3 Å². The summed E-state index contributed by atoms with van der Waals surface area (Å²) in [5.41, 5.74) is -0.205. The normalized spacial score (nSPS) is 23.6. The first kappa shape index (κ1) is 17.7. The van der Waals surface area contributed by atoms with Gasteiger partial charge in [0.05, 0.1) is 0 Å². The molecule has 0 aliphatic carbocycles. The van der Waals surface area contributed by atoms with Crippen LogP contribution in [0.25, 0.3) is 0 Å². The molecule has 1 aromatic carbocycles. The van der Waals surface area contributed by atoms with Crippen molar-refractivity contribution in [2.24, 2.45) is 5.41 Å². The number of carbonyl (C=O) groups excluding carboxylic acids is 1. The summed E-state index contributed by atoms with van der Waals surface area (Å²) in [5, 5.41) is 9.41. The number of benzene rings is 1. The van der Waals surface area contributed by atoms with Crippen molar-refractivity contribution in [1.82, 2.24) is 4.90 Å². The molecule has 1 aromatic rings. The van der Waals surface area contributed by atoms with Gasteiger partial charge >= 0.3 is 6.09 Å². The minimum atomic E-state index is -0.881. The monoisotopic (exact) mass is 323 g/mol. The summed E-state index contributed by atoms with van der Waals surface area (Å²) in [7, 11) is 0. The third kappa shape index (κ3) is 3.66. The van der Waals surface area contributed by atoms with Crippen LogP contribution in [0.1, 0.15) is 46.1 Å². The van der Waals surface area contributed by atoms with Crippen molar-refractivity contribution < 1.29 is 19.0 Å². The van der Waals surface area contributed by atoms with Gasteiger partial charge in [0.2, 0.25) is 0 Å². The lowest BCUT2D eigenvalue weighted by atomic mass is 9.83. The Hall–Kier alpha value is -1.62. The van der Waals surface area contributed by atoms with E-state index in [-0.39, 0.29) is 30.0 Å². The molecule has 1 N–H and O–H groups in total. The zero-order valence-corrected chi connectivity index (χ0v) is 14.3. The van der Waals surface area contributed by atoms with E-state index in [0.717, 1.165) is 5.56 Å². The van der Waals surface area contributed by atoms with Crippen LogP contribution in [0.5, 0.6) is 0 Å².